The Bertz CT molecular complexity index is 403. The van der Waals surface area contributed by atoms with E-state index in [9.17, 15) is 4.79 Å². The van der Waals surface area contributed by atoms with Crippen molar-refractivity contribution in [2.24, 2.45) is 0 Å². The summed E-state index contributed by atoms with van der Waals surface area (Å²) in [7, 11) is 0. The predicted molar refractivity (Wildman–Crippen MR) is 69.6 cm³/mol. The largest absolute Gasteiger partial charge is 0.480 e. The van der Waals surface area contributed by atoms with Gasteiger partial charge >= 0.3 is 5.97 Å². The van der Waals surface area contributed by atoms with Gasteiger partial charge in [-0.15, -0.1) is 0 Å². The first kappa shape index (κ1) is 14.3. The van der Waals surface area contributed by atoms with Crippen LogP contribution in [0.15, 0.2) is 18.2 Å². The molecule has 5 heteroatoms. The first-order chi connectivity index (χ1) is 7.90. The van der Waals surface area contributed by atoms with E-state index >= 15 is 0 Å². The van der Waals surface area contributed by atoms with E-state index in [2.05, 4.69) is 5.32 Å². The SMILES string of the molecule is CCC(C)(NCc1c(Cl)cccc1Cl)C(=O)O. The lowest BCUT2D eigenvalue weighted by atomic mass is 9.99. The minimum Gasteiger partial charge on any atom is -0.480 e. The third-order valence-electron chi connectivity index (χ3n) is 2.90. The van der Waals surface area contributed by atoms with Gasteiger partial charge in [0.2, 0.25) is 0 Å². The number of carboxylic acid groups (broad SMARTS) is 1. The fourth-order valence-corrected chi connectivity index (χ4v) is 1.87. The Balaban J connectivity index is 2.83. The van der Waals surface area contributed by atoms with Crippen molar-refractivity contribution in [1.29, 1.82) is 0 Å². The van der Waals surface area contributed by atoms with Gasteiger partial charge < -0.3 is 5.11 Å². The number of hydrogen-bond donors (Lipinski definition) is 2. The number of rotatable bonds is 5. The van der Waals surface area contributed by atoms with Crippen LogP contribution in [-0.4, -0.2) is 16.6 Å². The van der Waals surface area contributed by atoms with Crippen molar-refractivity contribution >= 4 is 29.2 Å². The van der Waals surface area contributed by atoms with Crippen molar-refractivity contribution in [2.45, 2.75) is 32.4 Å². The highest BCUT2D eigenvalue weighted by atomic mass is 35.5. The van der Waals surface area contributed by atoms with E-state index in [-0.39, 0.29) is 0 Å². The molecule has 1 rings (SSSR count). The molecule has 1 aromatic rings. The third-order valence-corrected chi connectivity index (χ3v) is 3.60. The first-order valence-electron chi connectivity index (χ1n) is 5.32. The molecule has 0 radical (unpaired) electrons. The second kappa shape index (κ2) is 5.71. The van der Waals surface area contributed by atoms with E-state index in [1.807, 2.05) is 6.92 Å². The number of aliphatic carboxylic acids is 1. The van der Waals surface area contributed by atoms with Gasteiger partial charge in [-0.2, -0.15) is 0 Å². The van der Waals surface area contributed by atoms with Crippen LogP contribution in [0.25, 0.3) is 0 Å². The van der Waals surface area contributed by atoms with Crippen LogP contribution in [0.4, 0.5) is 0 Å². The minimum absolute atomic E-state index is 0.329. The summed E-state index contributed by atoms with van der Waals surface area (Å²) in [5.41, 5.74) is -0.251. The molecule has 1 unspecified atom stereocenters. The van der Waals surface area contributed by atoms with Crippen molar-refractivity contribution < 1.29 is 9.90 Å². The third kappa shape index (κ3) is 3.35. The molecule has 0 aliphatic rings. The first-order valence-corrected chi connectivity index (χ1v) is 6.07. The van der Waals surface area contributed by atoms with E-state index in [0.717, 1.165) is 5.56 Å². The number of nitrogens with one attached hydrogen (secondary N) is 1. The molecule has 3 nitrogen and oxygen atoms in total. The van der Waals surface area contributed by atoms with Crippen LogP contribution in [-0.2, 0) is 11.3 Å². The Hall–Kier alpha value is -0.770. The zero-order chi connectivity index (χ0) is 13.1. The highest BCUT2D eigenvalue weighted by Gasteiger charge is 2.30. The number of halogens is 2. The molecule has 1 atom stereocenters. The number of carboxylic acids is 1. The zero-order valence-corrected chi connectivity index (χ0v) is 11.3. The summed E-state index contributed by atoms with van der Waals surface area (Å²) in [5, 5.41) is 13.2. The number of carbonyl (C=O) groups is 1. The number of hydrogen-bond acceptors (Lipinski definition) is 2. The summed E-state index contributed by atoms with van der Waals surface area (Å²) in [4.78, 5) is 11.1. The predicted octanol–water partition coefficient (Wildman–Crippen LogP) is 3.34. The minimum atomic E-state index is -0.970. The van der Waals surface area contributed by atoms with Crippen molar-refractivity contribution in [3.63, 3.8) is 0 Å². The van der Waals surface area contributed by atoms with Gasteiger partial charge in [0.15, 0.2) is 0 Å². The molecule has 2 N–H and O–H groups in total. The van der Waals surface area contributed by atoms with E-state index in [0.29, 0.717) is 23.0 Å². The normalized spacial score (nSPS) is 14.4. The molecule has 0 aromatic heterocycles. The maximum Gasteiger partial charge on any atom is 0.323 e. The maximum atomic E-state index is 11.1. The van der Waals surface area contributed by atoms with Gasteiger partial charge in [0.1, 0.15) is 5.54 Å². The van der Waals surface area contributed by atoms with Crippen molar-refractivity contribution in [2.75, 3.05) is 0 Å². The average molecular weight is 276 g/mol. The van der Waals surface area contributed by atoms with E-state index in [1.165, 1.54) is 0 Å². The molecule has 0 aliphatic carbocycles. The van der Waals surface area contributed by atoms with Gasteiger partial charge in [-0.1, -0.05) is 36.2 Å². The van der Waals surface area contributed by atoms with E-state index < -0.39 is 11.5 Å². The lowest BCUT2D eigenvalue weighted by Gasteiger charge is -2.25. The molecular weight excluding hydrogens is 261 g/mol. The summed E-state index contributed by atoms with van der Waals surface area (Å²) in [6.07, 6.45) is 0.477. The van der Waals surface area contributed by atoms with Gasteiger partial charge in [0.05, 0.1) is 0 Å². The summed E-state index contributed by atoms with van der Waals surface area (Å²) >= 11 is 12.0. The molecule has 0 aliphatic heterocycles. The van der Waals surface area contributed by atoms with Crippen molar-refractivity contribution in [3.8, 4) is 0 Å². The molecule has 17 heavy (non-hydrogen) atoms. The van der Waals surface area contributed by atoms with Crippen LogP contribution < -0.4 is 5.32 Å². The lowest BCUT2D eigenvalue weighted by Crippen LogP contribution is -2.48. The fourth-order valence-electron chi connectivity index (χ4n) is 1.34. The zero-order valence-electron chi connectivity index (χ0n) is 9.76. The fraction of sp³-hybridized carbons (Fsp3) is 0.417. The summed E-state index contributed by atoms with van der Waals surface area (Å²) in [6, 6.07) is 5.22. The Morgan fingerprint density at radius 3 is 2.35 bits per heavy atom. The second-order valence-corrected chi connectivity index (χ2v) is 4.86. The molecule has 0 heterocycles. The Kier molecular flexibility index (Phi) is 4.80. The Morgan fingerprint density at radius 1 is 1.41 bits per heavy atom. The van der Waals surface area contributed by atoms with Crippen LogP contribution in [0.3, 0.4) is 0 Å². The van der Waals surface area contributed by atoms with Gasteiger partial charge in [0, 0.05) is 22.2 Å². The topological polar surface area (TPSA) is 49.3 Å². The van der Waals surface area contributed by atoms with E-state index in [1.54, 1.807) is 25.1 Å². The molecule has 0 bridgehead atoms. The van der Waals surface area contributed by atoms with Crippen molar-refractivity contribution in [3.05, 3.63) is 33.8 Å². The second-order valence-electron chi connectivity index (χ2n) is 4.04. The van der Waals surface area contributed by atoms with Crippen LogP contribution in [0, 0.1) is 0 Å². The maximum absolute atomic E-state index is 11.1. The van der Waals surface area contributed by atoms with Gasteiger partial charge in [-0.25, -0.2) is 0 Å². The smallest absolute Gasteiger partial charge is 0.323 e. The highest BCUT2D eigenvalue weighted by molar-refractivity contribution is 6.35. The summed E-state index contributed by atoms with van der Waals surface area (Å²) < 4.78 is 0. The van der Waals surface area contributed by atoms with Gasteiger partial charge in [-0.05, 0) is 25.5 Å². The number of benzene rings is 1. The van der Waals surface area contributed by atoms with Crippen LogP contribution in [0.2, 0.25) is 10.0 Å². The molecule has 0 amide bonds. The van der Waals surface area contributed by atoms with Gasteiger partial charge in [0.25, 0.3) is 0 Å². The molecule has 94 valence electrons. The Morgan fingerprint density at radius 2 is 1.94 bits per heavy atom. The Labute approximate surface area is 111 Å². The standard InChI is InChI=1S/C12H15Cl2NO2/c1-3-12(2,11(16)17)15-7-8-9(13)5-4-6-10(8)14/h4-6,15H,3,7H2,1-2H3,(H,16,17). The molecule has 0 fully saturated rings. The van der Waals surface area contributed by atoms with Crippen LogP contribution in [0.5, 0.6) is 0 Å². The highest BCUT2D eigenvalue weighted by Crippen LogP contribution is 2.25. The van der Waals surface area contributed by atoms with Crippen LogP contribution in [0.1, 0.15) is 25.8 Å². The van der Waals surface area contributed by atoms with Gasteiger partial charge in [-0.3, -0.25) is 10.1 Å². The van der Waals surface area contributed by atoms with Crippen LogP contribution >= 0.6 is 23.2 Å². The summed E-state index contributed by atoms with van der Waals surface area (Å²) in [6.45, 7) is 3.78. The molecule has 0 saturated heterocycles. The monoisotopic (exact) mass is 275 g/mol. The molecular formula is C12H15Cl2NO2. The lowest BCUT2D eigenvalue weighted by molar-refractivity contribution is -0.144. The summed E-state index contributed by atoms with van der Waals surface area (Å²) in [5.74, 6) is -0.886. The quantitative estimate of drug-likeness (QED) is 0.867. The van der Waals surface area contributed by atoms with Crippen molar-refractivity contribution in [1.82, 2.24) is 5.32 Å². The molecule has 1 aromatic carbocycles. The molecule has 0 spiro atoms. The van der Waals surface area contributed by atoms with E-state index in [4.69, 9.17) is 28.3 Å². The average Bonchev–Trinajstić information content (AvgIpc) is 2.27. The molecule has 0 saturated carbocycles.